The maximum atomic E-state index is 9.90. The van der Waals surface area contributed by atoms with Gasteiger partial charge in [0.05, 0.1) is 43.8 Å². The first-order valence-corrected chi connectivity index (χ1v) is 14.5. The topological polar surface area (TPSA) is 102 Å². The van der Waals surface area contributed by atoms with Crippen LogP contribution in [0.5, 0.6) is 5.88 Å². The van der Waals surface area contributed by atoms with Gasteiger partial charge in [-0.3, -0.25) is 9.91 Å². The number of piperazine rings is 1. The molecule has 2 fully saturated rings. The highest BCUT2D eigenvalue weighted by molar-refractivity contribution is 5.83. The van der Waals surface area contributed by atoms with Crippen molar-refractivity contribution in [3.8, 4) is 11.9 Å². The van der Waals surface area contributed by atoms with Crippen LogP contribution in [0.15, 0.2) is 66.0 Å². The quantitative estimate of drug-likeness (QED) is 0.506. The van der Waals surface area contributed by atoms with Gasteiger partial charge in [-0.05, 0) is 30.7 Å². The number of fused-ring (bicyclic) bond motifs is 1. The van der Waals surface area contributed by atoms with Crippen molar-refractivity contribution in [1.29, 1.82) is 5.26 Å². The Kier molecular flexibility index (Phi) is 8.39. The number of nitrogens with one attached hydrogen (secondary N) is 1. The zero-order valence-corrected chi connectivity index (χ0v) is 24.5. The monoisotopic (exact) mass is 570 g/mol. The molecule has 0 aliphatic carbocycles. The van der Waals surface area contributed by atoms with E-state index in [1.54, 1.807) is 7.11 Å². The smallest absolute Gasteiger partial charge is 0.212 e. The average Bonchev–Trinajstić information content (AvgIpc) is 3.36. The van der Waals surface area contributed by atoms with Crippen molar-refractivity contribution in [2.45, 2.75) is 25.6 Å². The minimum atomic E-state index is -0.00356. The molecule has 2 aromatic heterocycles. The predicted molar refractivity (Wildman–Crippen MR) is 159 cm³/mol. The number of aromatic nitrogens is 2. The lowest BCUT2D eigenvalue weighted by atomic mass is 9.98. The fourth-order valence-electron chi connectivity index (χ4n) is 5.67. The second-order valence-electron chi connectivity index (χ2n) is 11.1. The number of rotatable bonds is 8. The van der Waals surface area contributed by atoms with E-state index in [-0.39, 0.29) is 6.10 Å². The Bertz CT molecular complexity index is 1380. The van der Waals surface area contributed by atoms with Gasteiger partial charge in [-0.25, -0.2) is 15.0 Å². The molecule has 11 nitrogen and oxygen atoms in total. The van der Waals surface area contributed by atoms with Crippen LogP contribution in [0.1, 0.15) is 18.1 Å². The first-order chi connectivity index (χ1) is 20.5. The summed E-state index contributed by atoms with van der Waals surface area (Å²) in [6.07, 6.45) is 7.76. The van der Waals surface area contributed by atoms with Gasteiger partial charge in [0.2, 0.25) is 5.88 Å². The van der Waals surface area contributed by atoms with Crippen molar-refractivity contribution >= 4 is 11.4 Å². The van der Waals surface area contributed by atoms with Gasteiger partial charge in [0.1, 0.15) is 24.3 Å². The van der Waals surface area contributed by atoms with Crippen LogP contribution in [-0.2, 0) is 16.0 Å². The molecule has 0 saturated carbocycles. The van der Waals surface area contributed by atoms with Gasteiger partial charge in [0.15, 0.2) is 0 Å². The summed E-state index contributed by atoms with van der Waals surface area (Å²) in [4.78, 5) is 13.9. The molecule has 2 aromatic rings. The third-order valence-corrected chi connectivity index (χ3v) is 8.08. The molecule has 0 unspecified atom stereocenters. The first-order valence-electron chi connectivity index (χ1n) is 14.5. The SMILES string of the molecule is COc1ccc(CN2CCN(c3ccc(C4=CC(OC[C@@H]5CN[C@H](C)CO5)=CN5C4=C(C#N)CN5C)cn3)CC2)cn1. The Labute approximate surface area is 247 Å². The van der Waals surface area contributed by atoms with E-state index in [4.69, 9.17) is 19.2 Å². The maximum absolute atomic E-state index is 9.90. The van der Waals surface area contributed by atoms with Gasteiger partial charge >= 0.3 is 0 Å². The molecule has 42 heavy (non-hydrogen) atoms. The van der Waals surface area contributed by atoms with Crippen molar-refractivity contribution in [3.63, 3.8) is 0 Å². The van der Waals surface area contributed by atoms with Crippen LogP contribution in [0.25, 0.3) is 5.57 Å². The number of methoxy groups -OCH3 is 1. The van der Waals surface area contributed by atoms with Crippen molar-refractivity contribution in [3.05, 3.63) is 77.1 Å². The number of morpholine rings is 1. The Hall–Kier alpha value is -3.95. The van der Waals surface area contributed by atoms with Gasteiger partial charge in [0, 0.05) is 82.0 Å². The number of likely N-dealkylation sites (N-methyl/N-ethyl adjacent to an activating group) is 1. The van der Waals surface area contributed by atoms with E-state index in [1.807, 2.05) is 47.8 Å². The van der Waals surface area contributed by atoms with Gasteiger partial charge in [-0.1, -0.05) is 6.07 Å². The summed E-state index contributed by atoms with van der Waals surface area (Å²) in [6, 6.07) is 10.9. The second-order valence-corrected chi connectivity index (χ2v) is 11.1. The zero-order valence-electron chi connectivity index (χ0n) is 24.5. The molecule has 6 rings (SSSR count). The normalized spacial score (nSPS) is 23.3. The van der Waals surface area contributed by atoms with E-state index >= 15 is 0 Å². The Balaban J connectivity index is 1.13. The summed E-state index contributed by atoms with van der Waals surface area (Å²) in [5.41, 5.74) is 4.67. The highest BCUT2D eigenvalue weighted by Gasteiger charge is 2.33. The molecule has 1 N–H and O–H groups in total. The summed E-state index contributed by atoms with van der Waals surface area (Å²) in [5.74, 6) is 2.32. The summed E-state index contributed by atoms with van der Waals surface area (Å²) >= 11 is 0. The van der Waals surface area contributed by atoms with Crippen LogP contribution >= 0.6 is 0 Å². The van der Waals surface area contributed by atoms with Crippen LogP contribution in [0.3, 0.4) is 0 Å². The fourth-order valence-corrected chi connectivity index (χ4v) is 5.67. The first kappa shape index (κ1) is 28.2. The second kappa shape index (κ2) is 12.5. The van der Waals surface area contributed by atoms with E-state index in [0.717, 1.165) is 73.3 Å². The van der Waals surface area contributed by atoms with Gasteiger partial charge in [-0.2, -0.15) is 5.26 Å². The predicted octanol–water partition coefficient (Wildman–Crippen LogP) is 2.38. The molecular formula is C31H38N8O3. The van der Waals surface area contributed by atoms with Crippen molar-refractivity contribution in [2.75, 3.05) is 71.5 Å². The number of ether oxygens (including phenoxy) is 3. The molecule has 0 aromatic carbocycles. The third kappa shape index (κ3) is 6.12. The van der Waals surface area contributed by atoms with Gasteiger partial charge < -0.3 is 24.4 Å². The fraction of sp³-hybridized carbons (Fsp3) is 0.452. The molecular weight excluding hydrogens is 532 g/mol. The minimum absolute atomic E-state index is 0.00356. The lowest BCUT2D eigenvalue weighted by molar-refractivity contribution is -0.0298. The molecule has 11 heteroatoms. The molecule has 4 aliphatic heterocycles. The number of allylic oxidation sites excluding steroid dienone is 2. The van der Waals surface area contributed by atoms with Crippen LogP contribution in [0, 0.1) is 11.3 Å². The molecule has 6 heterocycles. The average molecular weight is 571 g/mol. The van der Waals surface area contributed by atoms with Crippen LogP contribution in [0.4, 0.5) is 5.82 Å². The van der Waals surface area contributed by atoms with E-state index in [1.165, 1.54) is 5.56 Å². The molecule has 220 valence electrons. The Morgan fingerprint density at radius 2 is 1.98 bits per heavy atom. The van der Waals surface area contributed by atoms with E-state index in [2.05, 4.69) is 51.3 Å². The Morgan fingerprint density at radius 1 is 1.12 bits per heavy atom. The van der Waals surface area contributed by atoms with Gasteiger partial charge in [0.25, 0.3) is 0 Å². The van der Waals surface area contributed by atoms with E-state index < -0.39 is 0 Å². The standard InChI is InChI=1S/C31H38N8O3/c1-22-20-41-27(16-33-22)21-42-26-12-28(31-25(13-32)18-36(2)39(31)19-26)24-5-6-29(34-15-24)38-10-8-37(9-11-38)17-23-4-7-30(40-3)35-14-23/h4-7,12,14-15,19,22,27,33H,8-11,16-18,20-21H2,1-3H3/t22-,27+/m1/s1. The van der Waals surface area contributed by atoms with E-state index in [0.29, 0.717) is 31.7 Å². The number of hydrogen-bond donors (Lipinski definition) is 1. The Morgan fingerprint density at radius 3 is 2.64 bits per heavy atom. The van der Waals surface area contributed by atoms with Crippen molar-refractivity contribution in [2.24, 2.45) is 0 Å². The molecule has 2 saturated heterocycles. The highest BCUT2D eigenvalue weighted by Crippen LogP contribution is 2.38. The number of hydrogen-bond acceptors (Lipinski definition) is 11. The minimum Gasteiger partial charge on any atom is -0.489 e. The summed E-state index contributed by atoms with van der Waals surface area (Å²) in [7, 11) is 3.61. The molecule has 0 spiro atoms. The lowest BCUT2D eigenvalue weighted by Gasteiger charge is -2.35. The number of hydrazine groups is 1. The van der Waals surface area contributed by atoms with Crippen LogP contribution in [-0.4, -0.2) is 104 Å². The molecule has 2 atom stereocenters. The molecule has 0 bridgehead atoms. The molecule has 0 amide bonds. The van der Waals surface area contributed by atoms with Crippen LogP contribution in [0.2, 0.25) is 0 Å². The van der Waals surface area contributed by atoms with Gasteiger partial charge in [-0.15, -0.1) is 0 Å². The highest BCUT2D eigenvalue weighted by atomic mass is 16.5. The summed E-state index contributed by atoms with van der Waals surface area (Å²) < 4.78 is 17.3. The number of nitriles is 1. The lowest BCUT2D eigenvalue weighted by Crippen LogP contribution is -2.46. The molecule has 0 radical (unpaired) electrons. The number of pyridine rings is 2. The zero-order chi connectivity index (χ0) is 29.1. The summed E-state index contributed by atoms with van der Waals surface area (Å²) in [6.45, 7) is 9.12. The maximum Gasteiger partial charge on any atom is 0.212 e. The van der Waals surface area contributed by atoms with Crippen molar-refractivity contribution in [1.82, 2.24) is 30.2 Å². The molecule has 4 aliphatic rings. The number of anilines is 1. The van der Waals surface area contributed by atoms with Crippen molar-refractivity contribution < 1.29 is 14.2 Å². The third-order valence-electron chi connectivity index (χ3n) is 8.08. The largest absolute Gasteiger partial charge is 0.489 e. The number of nitrogens with zero attached hydrogens (tertiary/aromatic N) is 7. The van der Waals surface area contributed by atoms with Crippen LogP contribution < -0.4 is 15.0 Å². The van der Waals surface area contributed by atoms with E-state index in [9.17, 15) is 5.26 Å². The summed E-state index contributed by atoms with van der Waals surface area (Å²) in [5, 5.41) is 17.4.